The number of carbonyl (C=O) groups excluding carboxylic acids is 3. The summed E-state index contributed by atoms with van der Waals surface area (Å²) in [6, 6.07) is 0. The molecule has 0 saturated carbocycles. The minimum Gasteiger partial charge on any atom is -0.462 e. The first kappa shape index (κ1) is 51.6. The molecule has 6 nitrogen and oxygen atoms in total. The van der Waals surface area contributed by atoms with Crippen molar-refractivity contribution in [2.24, 2.45) is 0 Å². The molecular formula is C48H86O6. The molecule has 1 atom stereocenters. The second-order valence-corrected chi connectivity index (χ2v) is 15.3. The molecule has 6 heteroatoms. The van der Waals surface area contributed by atoms with Crippen LogP contribution in [-0.4, -0.2) is 37.2 Å². The molecule has 0 heterocycles. The van der Waals surface area contributed by atoms with Crippen molar-refractivity contribution in [3.05, 3.63) is 36.5 Å². The zero-order valence-corrected chi connectivity index (χ0v) is 35.7. The molecule has 1 unspecified atom stereocenters. The van der Waals surface area contributed by atoms with Crippen molar-refractivity contribution in [1.29, 1.82) is 0 Å². The van der Waals surface area contributed by atoms with E-state index in [1.54, 1.807) is 0 Å². The molecule has 0 amide bonds. The van der Waals surface area contributed by atoms with Crippen molar-refractivity contribution in [2.75, 3.05) is 13.2 Å². The van der Waals surface area contributed by atoms with Crippen LogP contribution in [0.5, 0.6) is 0 Å². The van der Waals surface area contributed by atoms with Gasteiger partial charge in [-0.05, 0) is 70.6 Å². The van der Waals surface area contributed by atoms with E-state index in [-0.39, 0.29) is 31.1 Å². The number of ether oxygens (including phenoxy) is 3. The monoisotopic (exact) mass is 759 g/mol. The van der Waals surface area contributed by atoms with Gasteiger partial charge in [-0.25, -0.2) is 0 Å². The zero-order valence-electron chi connectivity index (χ0n) is 35.7. The van der Waals surface area contributed by atoms with Gasteiger partial charge in [-0.2, -0.15) is 0 Å². The number of unbranched alkanes of at least 4 members (excludes halogenated alkanes) is 24. The summed E-state index contributed by atoms with van der Waals surface area (Å²) in [6.45, 7) is 6.53. The van der Waals surface area contributed by atoms with Crippen LogP contribution >= 0.6 is 0 Å². The molecule has 54 heavy (non-hydrogen) atoms. The third kappa shape index (κ3) is 40.8. The van der Waals surface area contributed by atoms with E-state index < -0.39 is 6.10 Å². The molecule has 0 rings (SSSR count). The van der Waals surface area contributed by atoms with Crippen LogP contribution in [0.3, 0.4) is 0 Å². The Morgan fingerprint density at radius 1 is 0.370 bits per heavy atom. The third-order valence-electron chi connectivity index (χ3n) is 9.87. The van der Waals surface area contributed by atoms with E-state index in [1.807, 2.05) is 0 Å². The molecule has 0 aliphatic heterocycles. The molecule has 0 N–H and O–H groups in total. The van der Waals surface area contributed by atoms with Gasteiger partial charge in [0.1, 0.15) is 13.2 Å². The SMILES string of the molecule is CCCC/C=C\CCCCCCCC(=O)OC(COC(=O)CCCCCCCCCC)COC(=O)CCCCCCCCC/C=C\C/C=C\CCCCC. The van der Waals surface area contributed by atoms with E-state index in [0.717, 1.165) is 83.5 Å². The van der Waals surface area contributed by atoms with Crippen LogP contribution in [-0.2, 0) is 28.6 Å². The van der Waals surface area contributed by atoms with E-state index in [1.165, 1.54) is 109 Å². The smallest absolute Gasteiger partial charge is 0.306 e. The van der Waals surface area contributed by atoms with E-state index in [4.69, 9.17) is 14.2 Å². The quantitative estimate of drug-likeness (QED) is 0.0267. The van der Waals surface area contributed by atoms with Crippen LogP contribution in [0.4, 0.5) is 0 Å². The van der Waals surface area contributed by atoms with Crippen LogP contribution in [0.15, 0.2) is 36.5 Å². The van der Waals surface area contributed by atoms with Crippen molar-refractivity contribution >= 4 is 17.9 Å². The average Bonchev–Trinajstić information content (AvgIpc) is 3.17. The van der Waals surface area contributed by atoms with Gasteiger partial charge >= 0.3 is 17.9 Å². The molecule has 0 aliphatic rings. The molecule has 0 aromatic rings. The van der Waals surface area contributed by atoms with Gasteiger partial charge in [-0.15, -0.1) is 0 Å². The second kappa shape index (κ2) is 43.4. The molecule has 314 valence electrons. The van der Waals surface area contributed by atoms with Gasteiger partial charge in [0.15, 0.2) is 6.10 Å². The first-order valence-corrected chi connectivity index (χ1v) is 23.0. The lowest BCUT2D eigenvalue weighted by Gasteiger charge is -2.18. The van der Waals surface area contributed by atoms with Crippen LogP contribution in [0.25, 0.3) is 0 Å². The lowest BCUT2D eigenvalue weighted by atomic mass is 10.1. The van der Waals surface area contributed by atoms with E-state index in [2.05, 4.69) is 57.2 Å². The number of carbonyl (C=O) groups is 3. The summed E-state index contributed by atoms with van der Waals surface area (Å²) < 4.78 is 16.7. The second-order valence-electron chi connectivity index (χ2n) is 15.3. The predicted molar refractivity (Wildman–Crippen MR) is 229 cm³/mol. The predicted octanol–water partition coefficient (Wildman–Crippen LogP) is 14.6. The Morgan fingerprint density at radius 3 is 1.13 bits per heavy atom. The first-order valence-electron chi connectivity index (χ1n) is 23.0. The molecule has 0 radical (unpaired) electrons. The number of hydrogen-bond donors (Lipinski definition) is 0. The Bertz CT molecular complexity index is 922. The normalized spacial score (nSPS) is 12.3. The Labute approximate surface area is 334 Å². The van der Waals surface area contributed by atoms with Gasteiger partial charge < -0.3 is 14.2 Å². The topological polar surface area (TPSA) is 78.9 Å². The molecule has 0 spiro atoms. The fourth-order valence-corrected chi connectivity index (χ4v) is 6.33. The number of hydrogen-bond acceptors (Lipinski definition) is 6. The largest absolute Gasteiger partial charge is 0.462 e. The first-order chi connectivity index (χ1) is 26.5. The van der Waals surface area contributed by atoms with Crippen LogP contribution in [0, 0.1) is 0 Å². The van der Waals surface area contributed by atoms with E-state index >= 15 is 0 Å². The summed E-state index contributed by atoms with van der Waals surface area (Å²) in [5, 5.41) is 0. The Balaban J connectivity index is 4.31. The van der Waals surface area contributed by atoms with Crippen molar-refractivity contribution in [3.63, 3.8) is 0 Å². The molecule has 0 saturated heterocycles. The molecule has 0 aliphatic carbocycles. The van der Waals surface area contributed by atoms with Gasteiger partial charge in [-0.1, -0.05) is 179 Å². The van der Waals surface area contributed by atoms with Crippen molar-refractivity contribution in [2.45, 2.75) is 239 Å². The van der Waals surface area contributed by atoms with Crippen molar-refractivity contribution < 1.29 is 28.6 Å². The highest BCUT2D eigenvalue weighted by atomic mass is 16.6. The summed E-state index contributed by atoms with van der Waals surface area (Å²) in [7, 11) is 0. The number of rotatable bonds is 41. The summed E-state index contributed by atoms with van der Waals surface area (Å²) in [5.74, 6) is -0.898. The maximum atomic E-state index is 12.7. The van der Waals surface area contributed by atoms with Crippen molar-refractivity contribution in [1.82, 2.24) is 0 Å². The van der Waals surface area contributed by atoms with Crippen LogP contribution in [0.2, 0.25) is 0 Å². The molecule has 0 aromatic heterocycles. The zero-order chi connectivity index (χ0) is 39.4. The Kier molecular flexibility index (Phi) is 41.5. The maximum absolute atomic E-state index is 12.7. The lowest BCUT2D eigenvalue weighted by molar-refractivity contribution is -0.167. The minimum atomic E-state index is -0.773. The maximum Gasteiger partial charge on any atom is 0.306 e. The minimum absolute atomic E-state index is 0.0768. The third-order valence-corrected chi connectivity index (χ3v) is 9.87. The lowest BCUT2D eigenvalue weighted by Crippen LogP contribution is -2.30. The summed E-state index contributed by atoms with van der Waals surface area (Å²) in [5.41, 5.74) is 0. The van der Waals surface area contributed by atoms with E-state index in [9.17, 15) is 14.4 Å². The Hall–Kier alpha value is -2.37. The highest BCUT2D eigenvalue weighted by molar-refractivity contribution is 5.71. The fourth-order valence-electron chi connectivity index (χ4n) is 6.33. The molecule has 0 fully saturated rings. The Morgan fingerprint density at radius 2 is 0.685 bits per heavy atom. The summed E-state index contributed by atoms with van der Waals surface area (Å²) >= 11 is 0. The van der Waals surface area contributed by atoms with Crippen LogP contribution in [0.1, 0.15) is 233 Å². The standard InChI is InChI=1S/C48H86O6/c1-4-7-10-13-16-19-21-22-23-24-25-26-28-29-32-35-38-41-47(50)53-44-45(43-52-46(49)40-37-34-31-18-15-12-9-6-3)54-48(51)42-39-36-33-30-27-20-17-14-11-8-5-2/h14,16-17,19,22-23,45H,4-13,15,18,20-21,24-44H2,1-3H3/b17-14-,19-16-,23-22-. The molecule has 0 bridgehead atoms. The van der Waals surface area contributed by atoms with Gasteiger partial charge in [0.2, 0.25) is 0 Å². The van der Waals surface area contributed by atoms with Gasteiger partial charge in [0.05, 0.1) is 0 Å². The fraction of sp³-hybridized carbons (Fsp3) is 0.812. The van der Waals surface area contributed by atoms with Crippen molar-refractivity contribution in [3.8, 4) is 0 Å². The molecule has 0 aromatic carbocycles. The summed E-state index contributed by atoms with van der Waals surface area (Å²) in [6.07, 6.45) is 48.4. The molecular weight excluding hydrogens is 673 g/mol. The van der Waals surface area contributed by atoms with Crippen LogP contribution < -0.4 is 0 Å². The van der Waals surface area contributed by atoms with Gasteiger partial charge in [0, 0.05) is 19.3 Å². The van der Waals surface area contributed by atoms with E-state index in [0.29, 0.717) is 19.3 Å². The summed E-state index contributed by atoms with van der Waals surface area (Å²) in [4.78, 5) is 37.6. The van der Waals surface area contributed by atoms with Gasteiger partial charge in [-0.3, -0.25) is 14.4 Å². The average molecular weight is 759 g/mol. The highest BCUT2D eigenvalue weighted by Crippen LogP contribution is 2.14. The van der Waals surface area contributed by atoms with Gasteiger partial charge in [0.25, 0.3) is 0 Å². The number of esters is 3. The highest BCUT2D eigenvalue weighted by Gasteiger charge is 2.19. The number of allylic oxidation sites excluding steroid dienone is 6.